The molecule has 0 saturated heterocycles. The summed E-state index contributed by atoms with van der Waals surface area (Å²) in [5.41, 5.74) is 30.0. The third-order valence-electron chi connectivity index (χ3n) is 14.0. The number of aromatic nitrogens is 14. The van der Waals surface area contributed by atoms with Crippen LogP contribution < -0.4 is 68.0 Å². The van der Waals surface area contributed by atoms with Crippen LogP contribution in [0, 0.1) is 50.4 Å². The molecule has 7 aromatic heterocycles. The van der Waals surface area contributed by atoms with Crippen molar-refractivity contribution in [2.24, 2.45) is 43.3 Å². The van der Waals surface area contributed by atoms with E-state index in [-0.39, 0.29) is 85.0 Å². The van der Waals surface area contributed by atoms with Crippen molar-refractivity contribution >= 4 is 76.5 Å². The van der Waals surface area contributed by atoms with E-state index in [4.69, 9.17) is 49.2 Å². The van der Waals surface area contributed by atoms with Crippen molar-refractivity contribution in [3.63, 3.8) is 0 Å². The van der Waals surface area contributed by atoms with E-state index in [0.717, 1.165) is 84.3 Å². The Morgan fingerprint density at radius 3 is 1.14 bits per heavy atom. The molecular formula is C74H86ClN24NaO8. The van der Waals surface area contributed by atoms with Gasteiger partial charge in [-0.25, -0.2) is 54.3 Å². The molecule has 0 aliphatic heterocycles. The predicted octanol–water partition coefficient (Wildman–Crippen LogP) is 8.21. The number of benzene rings is 4. The summed E-state index contributed by atoms with van der Waals surface area (Å²) >= 11 is 5.77. The molecule has 34 heteroatoms. The van der Waals surface area contributed by atoms with Crippen LogP contribution in [-0.2, 0) is 30.6 Å². The number of rotatable bonds is 18. The monoisotopic (exact) mass is 1500 g/mol. The molecule has 0 aliphatic rings. The smallest absolute Gasteiger partial charge is 0.870 e. The summed E-state index contributed by atoms with van der Waals surface area (Å²) in [4.78, 5) is 84.0. The van der Waals surface area contributed by atoms with E-state index in [0.29, 0.717) is 59.7 Å². The fourth-order valence-corrected chi connectivity index (χ4v) is 8.98. The minimum absolute atomic E-state index is 0. The van der Waals surface area contributed by atoms with Crippen LogP contribution in [0.2, 0.25) is 5.28 Å². The van der Waals surface area contributed by atoms with E-state index >= 15 is 0 Å². The number of methoxy groups -OCH3 is 2. The van der Waals surface area contributed by atoms with Gasteiger partial charge in [0.2, 0.25) is 23.1 Å². The summed E-state index contributed by atoms with van der Waals surface area (Å²) in [6.45, 7) is 8.51. The molecule has 0 aliphatic carbocycles. The van der Waals surface area contributed by atoms with E-state index in [1.807, 2.05) is 104 Å². The normalized spacial score (nSPS) is 9.96. The maximum atomic E-state index is 12.0. The van der Waals surface area contributed by atoms with Crippen molar-refractivity contribution in [1.82, 2.24) is 74.5 Å². The summed E-state index contributed by atoms with van der Waals surface area (Å²) in [5, 5.41) is 49.8. The number of carbonyl (C=O) groups is 4. The van der Waals surface area contributed by atoms with Crippen LogP contribution in [-0.4, -0.2) is 144 Å². The number of hydrogen-bond acceptors (Lipinski definition) is 27. The van der Waals surface area contributed by atoms with Crippen molar-refractivity contribution in [3.05, 3.63) is 221 Å². The molecule has 0 bridgehead atoms. The van der Waals surface area contributed by atoms with Gasteiger partial charge in [0.15, 0.2) is 0 Å². The molecule has 0 unspecified atom stereocenters. The molecular weight excluding hydrogens is 1410 g/mol. The van der Waals surface area contributed by atoms with Gasteiger partial charge in [0, 0.05) is 131 Å². The number of esters is 2. The van der Waals surface area contributed by atoms with Crippen LogP contribution in [0.3, 0.4) is 0 Å². The average molecular weight is 1500 g/mol. The van der Waals surface area contributed by atoms with Crippen molar-refractivity contribution in [2.45, 2.75) is 55.4 Å². The molecule has 0 spiro atoms. The second kappa shape index (κ2) is 46.9. The molecule has 0 atom stereocenters. The number of ether oxygens (including phenoxy) is 2. The number of nitrogens with two attached hydrogens (primary N) is 3. The van der Waals surface area contributed by atoms with Crippen LogP contribution in [0.15, 0.2) is 176 Å². The van der Waals surface area contributed by atoms with Gasteiger partial charge in [-0.1, -0.05) is 63.4 Å². The number of nitriles is 2. The SMILES string of the molecule is C.C.CN=CC(N)=CN.COC(=O)c1ccc(-c2nc(Cl)ncc2C)cc1.COC(=O)c1ccc(-c2nc(Nc3cnn(C)c3)ncc2C)cc1.Cc1cnc(Nc2cnn(C)c2)nc1-c1ccc(C(=O)NCCC#N)cc1.Cc1cnc(Nc2cnn(C)c2)nc1-c1ccc(C(=O)O)cc1.N#CCCN.[Na+].[OH-]. The first-order valence-corrected chi connectivity index (χ1v) is 31.8. The first-order valence-electron chi connectivity index (χ1n) is 31.4. The number of aromatic carboxylic acids is 1. The van der Waals surface area contributed by atoms with Crippen LogP contribution in [0.4, 0.5) is 34.9 Å². The van der Waals surface area contributed by atoms with Gasteiger partial charge in [0.05, 0.1) is 114 Å². The summed E-state index contributed by atoms with van der Waals surface area (Å²) in [6.07, 6.45) is 21.0. The van der Waals surface area contributed by atoms with Crippen LogP contribution in [0.5, 0.6) is 0 Å². The maximum absolute atomic E-state index is 12.0. The number of carboxylic acids is 1. The largest absolute Gasteiger partial charge is 1.00 e. The number of halogens is 1. The van der Waals surface area contributed by atoms with E-state index in [2.05, 4.69) is 86.2 Å². The summed E-state index contributed by atoms with van der Waals surface area (Å²) in [6, 6.07) is 31.8. The molecule has 12 N–H and O–H groups in total. The molecule has 4 aromatic carbocycles. The zero-order valence-electron chi connectivity index (χ0n) is 60.1. The van der Waals surface area contributed by atoms with Crippen LogP contribution >= 0.6 is 11.6 Å². The molecule has 0 fully saturated rings. The molecule has 32 nitrogen and oxygen atoms in total. The Balaban J connectivity index is 0.000000462. The number of aryl methyl sites for hydroxylation is 7. The second-order valence-corrected chi connectivity index (χ2v) is 22.3. The molecule has 11 aromatic rings. The fraction of sp³-hybridized carbons (Fsp3) is 0.216. The number of amides is 1. The molecule has 11 rings (SSSR count). The van der Waals surface area contributed by atoms with Gasteiger partial charge in [0.25, 0.3) is 5.91 Å². The number of anilines is 6. The van der Waals surface area contributed by atoms with Crippen molar-refractivity contribution < 1.29 is 68.8 Å². The quantitative estimate of drug-likeness (QED) is 0.0132. The van der Waals surface area contributed by atoms with Crippen LogP contribution in [0.1, 0.15) is 91.4 Å². The molecule has 558 valence electrons. The Bertz CT molecular complexity index is 4830. The van der Waals surface area contributed by atoms with Gasteiger partial charge in [-0.05, 0) is 110 Å². The predicted molar refractivity (Wildman–Crippen MR) is 411 cm³/mol. The second-order valence-electron chi connectivity index (χ2n) is 21.9. The Morgan fingerprint density at radius 1 is 0.546 bits per heavy atom. The Morgan fingerprint density at radius 2 is 0.870 bits per heavy atom. The standard InChI is InChI=1S/C19H19N7O.C17H17N5O2.C16H15N5O2.C13H11ClN2O2.C4H9N3.C3H6N2.2CH4.Na.H2O/c1-13-10-22-19(24-16-11-23-26(2)12-16)25-17(13)14-4-6-15(7-5-14)18(27)21-9-3-8-20;1-11-8-18-17(20-14-9-19-22(2)10-14)21-15(11)12-4-6-13(7-5-12)16(23)24-3;1-10-7-17-16(19-13-8-18-21(2)9-13)20-14(10)11-3-5-12(6-4-11)15(22)23;1-8-7-15-13(14)16-11(8)9-3-5-10(6-4-9)12(17)18-2;1-7-3-4(6)2-5;4-2-1-3-5;;;;/h4-7,10-12H,3,9H2,1-2H3,(H,21,27)(H,22,24,25);4-10H,1-3H3,(H,18,20,21);3-9H,1-2H3,(H,22,23)(H,17,19,20);3-7H,1-2H3;2-3H,5-6H2,1H3;1-2,4H2;2*1H4;;1H2/q;;;;;;;;+1;/p-1. The third kappa shape index (κ3) is 28.7. The number of nitrogens with zero attached hydrogens (tertiary/aromatic N) is 17. The molecule has 7 heterocycles. The van der Waals surface area contributed by atoms with E-state index in [1.54, 1.807) is 137 Å². The maximum Gasteiger partial charge on any atom is 1.00 e. The minimum atomic E-state index is -0.949. The number of aliphatic imine (C=N–C) groups is 1. The van der Waals surface area contributed by atoms with Crippen molar-refractivity contribution in [1.29, 1.82) is 10.5 Å². The number of allylic oxidation sites excluding steroid dienone is 1. The zero-order chi connectivity index (χ0) is 75.7. The number of hydrogen-bond donors (Lipinski definition) is 8. The first kappa shape index (κ1) is 91.4. The minimum Gasteiger partial charge on any atom is -0.870 e. The van der Waals surface area contributed by atoms with Gasteiger partial charge < -0.3 is 58.5 Å². The Labute approximate surface area is 653 Å². The van der Waals surface area contributed by atoms with Gasteiger partial charge in [-0.2, -0.15) is 25.8 Å². The number of carbonyl (C=O) groups excluding carboxylic acids is 3. The van der Waals surface area contributed by atoms with E-state index in [9.17, 15) is 19.2 Å². The molecule has 108 heavy (non-hydrogen) atoms. The Hall–Kier alpha value is -12.7. The average Bonchev–Trinajstić information content (AvgIpc) is 1.23. The Kier molecular flexibility index (Phi) is 39.7. The van der Waals surface area contributed by atoms with E-state index in [1.165, 1.54) is 26.6 Å². The van der Waals surface area contributed by atoms with Crippen molar-refractivity contribution in [2.75, 3.05) is 50.3 Å². The van der Waals surface area contributed by atoms with Gasteiger partial charge in [-0.3, -0.25) is 23.8 Å². The topological polar surface area (TPSA) is 480 Å². The molecule has 0 saturated carbocycles. The molecule has 1 amide bonds. The summed E-state index contributed by atoms with van der Waals surface area (Å²) in [7, 11) is 9.86. The molecule has 0 radical (unpaired) electrons. The number of nitrogens with one attached hydrogen (secondary N) is 4. The van der Waals surface area contributed by atoms with E-state index < -0.39 is 5.97 Å². The third-order valence-corrected chi connectivity index (χ3v) is 14.2. The van der Waals surface area contributed by atoms with Crippen LogP contribution in [0.25, 0.3) is 45.0 Å². The van der Waals surface area contributed by atoms with Crippen molar-refractivity contribution in [3.8, 4) is 57.2 Å². The van der Waals surface area contributed by atoms with Gasteiger partial charge >= 0.3 is 47.5 Å². The van der Waals surface area contributed by atoms with Gasteiger partial charge in [-0.15, -0.1) is 0 Å². The first-order chi connectivity index (χ1) is 50.0. The fourth-order valence-electron chi connectivity index (χ4n) is 8.85. The number of carboxylic acid groups (broad SMARTS) is 1. The zero-order valence-corrected chi connectivity index (χ0v) is 62.8. The summed E-state index contributed by atoms with van der Waals surface area (Å²) < 4.78 is 14.4. The van der Waals surface area contributed by atoms with Gasteiger partial charge in [0.1, 0.15) is 0 Å². The summed E-state index contributed by atoms with van der Waals surface area (Å²) in [5.74, 6) is -0.451.